The van der Waals surface area contributed by atoms with Crippen LogP contribution in [0.3, 0.4) is 0 Å². The second kappa shape index (κ2) is 10.7. The fourth-order valence-electron chi connectivity index (χ4n) is 2.81. The van der Waals surface area contributed by atoms with Gasteiger partial charge in [-0.3, -0.25) is 9.79 Å². The Bertz CT molecular complexity index is 589. The zero-order valence-electron chi connectivity index (χ0n) is 16.2. The molecule has 0 spiro atoms. The van der Waals surface area contributed by atoms with Gasteiger partial charge in [0.2, 0.25) is 11.8 Å². The van der Waals surface area contributed by atoms with Crippen molar-refractivity contribution in [1.29, 1.82) is 0 Å². The topological polar surface area (TPSA) is 91.5 Å². The monoisotopic (exact) mass is 477 g/mol. The Labute approximate surface area is 173 Å². The van der Waals surface area contributed by atoms with Crippen LogP contribution in [0.1, 0.15) is 64.5 Å². The van der Waals surface area contributed by atoms with E-state index in [2.05, 4.69) is 46.7 Å². The molecule has 3 N–H and O–H groups in total. The predicted octanol–water partition coefficient (Wildman–Crippen LogP) is 2.70. The highest BCUT2D eigenvalue weighted by atomic mass is 127. The van der Waals surface area contributed by atoms with Crippen LogP contribution in [0.5, 0.6) is 0 Å². The van der Waals surface area contributed by atoms with Crippen LogP contribution >= 0.6 is 24.0 Å². The first-order valence-corrected chi connectivity index (χ1v) is 9.07. The van der Waals surface area contributed by atoms with Gasteiger partial charge in [0.05, 0.1) is 19.3 Å². The number of nitrogens with one attached hydrogen (secondary N) is 3. The number of carbonyl (C=O) groups is 1. The number of hydrogen-bond donors (Lipinski definition) is 3. The minimum absolute atomic E-state index is 0. The molecule has 1 aromatic rings. The molecule has 0 radical (unpaired) electrons. The first-order chi connectivity index (χ1) is 11.9. The van der Waals surface area contributed by atoms with E-state index in [-0.39, 0.29) is 41.8 Å². The Kier molecular flexibility index (Phi) is 9.38. The van der Waals surface area contributed by atoms with Crippen LogP contribution in [0.2, 0.25) is 0 Å². The summed E-state index contributed by atoms with van der Waals surface area (Å²) in [6.07, 6.45) is 7.60. The summed E-state index contributed by atoms with van der Waals surface area (Å²) in [4.78, 5) is 20.4. The Morgan fingerprint density at radius 1 is 1.27 bits per heavy atom. The maximum atomic E-state index is 12.0. The van der Waals surface area contributed by atoms with E-state index in [4.69, 9.17) is 4.42 Å². The van der Waals surface area contributed by atoms with Crippen molar-refractivity contribution in [3.63, 3.8) is 0 Å². The second-order valence-corrected chi connectivity index (χ2v) is 7.55. The lowest BCUT2D eigenvalue weighted by Crippen LogP contribution is -2.45. The predicted molar refractivity (Wildman–Crippen MR) is 114 cm³/mol. The van der Waals surface area contributed by atoms with Crippen molar-refractivity contribution in [2.45, 2.75) is 70.9 Å². The summed E-state index contributed by atoms with van der Waals surface area (Å²) in [7, 11) is 1.67. The summed E-state index contributed by atoms with van der Waals surface area (Å²) in [5.74, 6) is 1.99. The van der Waals surface area contributed by atoms with Crippen LogP contribution in [0, 0.1) is 0 Å². The van der Waals surface area contributed by atoms with E-state index in [1.54, 1.807) is 13.2 Å². The number of amides is 1. The molecule has 148 valence electrons. The summed E-state index contributed by atoms with van der Waals surface area (Å²) in [5, 5.41) is 9.21. The van der Waals surface area contributed by atoms with E-state index in [1.165, 1.54) is 19.3 Å². The van der Waals surface area contributed by atoms with Gasteiger partial charge in [-0.1, -0.05) is 40.0 Å². The summed E-state index contributed by atoms with van der Waals surface area (Å²) < 4.78 is 5.73. The molecule has 26 heavy (non-hydrogen) atoms. The van der Waals surface area contributed by atoms with Crippen LogP contribution in [-0.2, 0) is 16.8 Å². The molecule has 0 aromatic carbocycles. The lowest BCUT2D eigenvalue weighted by Gasteiger charge is -2.23. The van der Waals surface area contributed by atoms with Crippen LogP contribution in [0.15, 0.2) is 15.6 Å². The van der Waals surface area contributed by atoms with Crippen LogP contribution in [0.4, 0.5) is 0 Å². The highest BCUT2D eigenvalue weighted by Gasteiger charge is 2.19. The average molecular weight is 477 g/mol. The zero-order valence-corrected chi connectivity index (χ0v) is 18.6. The molecule has 0 unspecified atom stereocenters. The number of carbonyl (C=O) groups excluding carboxylic acids is 1. The number of guanidine groups is 1. The van der Waals surface area contributed by atoms with Crippen LogP contribution in [0.25, 0.3) is 0 Å². The molecule has 1 aliphatic rings. The van der Waals surface area contributed by atoms with E-state index >= 15 is 0 Å². The van der Waals surface area contributed by atoms with Crippen molar-refractivity contribution in [1.82, 2.24) is 20.9 Å². The molecule has 8 heteroatoms. The van der Waals surface area contributed by atoms with Crippen molar-refractivity contribution < 1.29 is 9.21 Å². The highest BCUT2D eigenvalue weighted by molar-refractivity contribution is 14.0. The van der Waals surface area contributed by atoms with E-state index in [0.717, 1.165) is 18.6 Å². The average Bonchev–Trinajstić information content (AvgIpc) is 3.05. The Morgan fingerprint density at radius 3 is 2.54 bits per heavy atom. The van der Waals surface area contributed by atoms with Gasteiger partial charge < -0.3 is 20.4 Å². The number of halogens is 1. The minimum Gasteiger partial charge on any atom is -0.443 e. The molecule has 1 saturated carbocycles. The van der Waals surface area contributed by atoms with E-state index in [0.29, 0.717) is 24.4 Å². The van der Waals surface area contributed by atoms with Crippen molar-refractivity contribution in [2.24, 2.45) is 4.99 Å². The van der Waals surface area contributed by atoms with Gasteiger partial charge in [0.25, 0.3) is 0 Å². The van der Waals surface area contributed by atoms with Gasteiger partial charge in [0.15, 0.2) is 5.96 Å². The number of oxazole rings is 1. The van der Waals surface area contributed by atoms with Gasteiger partial charge in [-0.15, -0.1) is 24.0 Å². The number of hydrogen-bond acceptors (Lipinski definition) is 4. The molecule has 1 fully saturated rings. The van der Waals surface area contributed by atoms with E-state index in [1.807, 2.05) is 0 Å². The molecule has 1 aliphatic carbocycles. The standard InChI is InChI=1S/C18H31N5O2.HI/c1-18(2,3)14-10-20-16(25-14)12-22-17(19-4)21-11-15(24)23-13-8-6-5-7-9-13;/h10,13H,5-9,11-12H2,1-4H3,(H,23,24)(H2,19,21,22);1H. The summed E-state index contributed by atoms with van der Waals surface area (Å²) in [5.41, 5.74) is -0.0671. The molecule has 1 amide bonds. The quantitative estimate of drug-likeness (QED) is 0.345. The third kappa shape index (κ3) is 7.51. The summed E-state index contributed by atoms with van der Waals surface area (Å²) >= 11 is 0. The molecule has 0 bridgehead atoms. The molecule has 1 aromatic heterocycles. The molecule has 0 saturated heterocycles. The lowest BCUT2D eigenvalue weighted by molar-refractivity contribution is -0.120. The number of rotatable bonds is 5. The molecule has 7 nitrogen and oxygen atoms in total. The number of aliphatic imine (C=N–C) groups is 1. The number of nitrogens with zero attached hydrogens (tertiary/aromatic N) is 2. The highest BCUT2D eigenvalue weighted by Crippen LogP contribution is 2.22. The molecular formula is C18H32IN5O2. The minimum atomic E-state index is -0.0671. The van der Waals surface area contributed by atoms with Crippen molar-refractivity contribution in [2.75, 3.05) is 13.6 Å². The fraction of sp³-hybridized carbons (Fsp3) is 0.722. The molecule has 1 heterocycles. The maximum Gasteiger partial charge on any atom is 0.239 e. The van der Waals surface area contributed by atoms with E-state index in [9.17, 15) is 4.79 Å². The first kappa shape index (κ1) is 22.7. The fourth-order valence-corrected chi connectivity index (χ4v) is 2.81. The van der Waals surface area contributed by atoms with Gasteiger partial charge in [0, 0.05) is 18.5 Å². The lowest BCUT2D eigenvalue weighted by atomic mass is 9.94. The Morgan fingerprint density at radius 2 is 1.96 bits per heavy atom. The third-order valence-corrected chi connectivity index (χ3v) is 4.31. The third-order valence-electron chi connectivity index (χ3n) is 4.31. The van der Waals surface area contributed by atoms with Crippen molar-refractivity contribution >= 4 is 35.8 Å². The van der Waals surface area contributed by atoms with Crippen LogP contribution in [-0.4, -0.2) is 36.5 Å². The first-order valence-electron chi connectivity index (χ1n) is 9.07. The summed E-state index contributed by atoms with van der Waals surface area (Å²) in [6.45, 7) is 6.86. The van der Waals surface area contributed by atoms with Gasteiger partial charge >= 0.3 is 0 Å². The second-order valence-electron chi connectivity index (χ2n) is 7.55. The van der Waals surface area contributed by atoms with E-state index < -0.39 is 0 Å². The largest absolute Gasteiger partial charge is 0.443 e. The van der Waals surface area contributed by atoms with Gasteiger partial charge in [0.1, 0.15) is 5.76 Å². The van der Waals surface area contributed by atoms with Gasteiger partial charge in [-0.05, 0) is 12.8 Å². The van der Waals surface area contributed by atoms with Gasteiger partial charge in [-0.25, -0.2) is 4.98 Å². The van der Waals surface area contributed by atoms with Gasteiger partial charge in [-0.2, -0.15) is 0 Å². The summed E-state index contributed by atoms with van der Waals surface area (Å²) in [6, 6.07) is 0.321. The molecule has 2 rings (SSSR count). The zero-order chi connectivity index (χ0) is 18.3. The number of aromatic nitrogens is 1. The molecular weight excluding hydrogens is 445 g/mol. The van der Waals surface area contributed by atoms with Crippen molar-refractivity contribution in [3.8, 4) is 0 Å². The molecule has 0 atom stereocenters. The SMILES string of the molecule is CN=C(NCC(=O)NC1CCCCC1)NCc1ncc(C(C)(C)C)o1.I. The normalized spacial score (nSPS) is 15.9. The smallest absolute Gasteiger partial charge is 0.239 e. The maximum absolute atomic E-state index is 12.0. The molecule has 0 aliphatic heterocycles. The Balaban J connectivity index is 0.00000338. The Hall–Kier alpha value is -1.32. The van der Waals surface area contributed by atoms with Crippen molar-refractivity contribution in [3.05, 3.63) is 17.8 Å². The van der Waals surface area contributed by atoms with Crippen LogP contribution < -0.4 is 16.0 Å².